The molecule has 3 atom stereocenters. The largest absolute Gasteiger partial charge is 0.463 e. The van der Waals surface area contributed by atoms with Crippen molar-refractivity contribution in [3.8, 4) is 0 Å². The number of unbranched alkanes of at least 4 members (excludes halogenated alkanes) is 1. The van der Waals surface area contributed by atoms with Crippen LogP contribution in [-0.2, 0) is 38.1 Å². The Morgan fingerprint density at radius 1 is 0.783 bits per heavy atom. The van der Waals surface area contributed by atoms with Crippen LogP contribution in [0, 0.1) is 0 Å². The second-order valence-corrected chi connectivity index (χ2v) is 4.93. The summed E-state index contributed by atoms with van der Waals surface area (Å²) in [6, 6.07) is 0. The van der Waals surface area contributed by atoms with Gasteiger partial charge in [-0.1, -0.05) is 13.3 Å². The van der Waals surface area contributed by atoms with E-state index in [-0.39, 0.29) is 6.61 Å². The van der Waals surface area contributed by atoms with Crippen LogP contribution in [0.1, 0.15) is 47.5 Å². The van der Waals surface area contributed by atoms with E-state index < -0.39 is 42.2 Å². The van der Waals surface area contributed by atoms with Gasteiger partial charge in [-0.25, -0.2) is 14.4 Å². The average molecular weight is 332 g/mol. The van der Waals surface area contributed by atoms with Gasteiger partial charge in [0, 0.05) is 6.92 Å². The van der Waals surface area contributed by atoms with Crippen molar-refractivity contribution in [3.05, 3.63) is 0 Å². The molecule has 0 fully saturated rings. The van der Waals surface area contributed by atoms with Crippen molar-refractivity contribution in [1.29, 1.82) is 0 Å². The van der Waals surface area contributed by atoms with Crippen LogP contribution in [0.4, 0.5) is 0 Å². The molecule has 0 amide bonds. The van der Waals surface area contributed by atoms with Crippen LogP contribution in [0.3, 0.4) is 0 Å². The first-order valence-corrected chi connectivity index (χ1v) is 7.43. The molecule has 8 heteroatoms. The van der Waals surface area contributed by atoms with Crippen molar-refractivity contribution < 1.29 is 38.1 Å². The maximum atomic E-state index is 11.8. The minimum atomic E-state index is -1.24. The number of ether oxygens (including phenoxy) is 4. The quantitative estimate of drug-likeness (QED) is 0.352. The summed E-state index contributed by atoms with van der Waals surface area (Å²) in [6.45, 7) is 7.31. The molecule has 0 saturated carbocycles. The molecule has 0 aromatic carbocycles. The molecule has 0 aliphatic carbocycles. The van der Waals surface area contributed by atoms with E-state index in [0.29, 0.717) is 6.42 Å². The maximum absolute atomic E-state index is 11.8. The third-order valence-electron chi connectivity index (χ3n) is 2.67. The standard InChI is InChI=1S/C15H24O8/c1-6-7-8-20-13(17)9(2)22-15(19)11(4)23-14(18)10(3)21-12(5)16/h9-11H,6-8H2,1-5H3. The molecular weight excluding hydrogens is 308 g/mol. The van der Waals surface area contributed by atoms with Crippen molar-refractivity contribution in [2.24, 2.45) is 0 Å². The Labute approximate surface area is 135 Å². The van der Waals surface area contributed by atoms with Gasteiger partial charge in [0.05, 0.1) is 6.61 Å². The Bertz CT molecular complexity index is 431. The van der Waals surface area contributed by atoms with Crippen molar-refractivity contribution in [3.63, 3.8) is 0 Å². The maximum Gasteiger partial charge on any atom is 0.347 e. The van der Waals surface area contributed by atoms with E-state index >= 15 is 0 Å². The molecule has 8 nitrogen and oxygen atoms in total. The normalized spacial score (nSPS) is 14.1. The first-order valence-electron chi connectivity index (χ1n) is 7.43. The van der Waals surface area contributed by atoms with E-state index in [1.165, 1.54) is 20.8 Å². The number of hydrogen-bond donors (Lipinski definition) is 0. The van der Waals surface area contributed by atoms with E-state index in [9.17, 15) is 19.2 Å². The molecule has 0 bridgehead atoms. The first kappa shape index (κ1) is 20.9. The highest BCUT2D eigenvalue weighted by Crippen LogP contribution is 2.05. The zero-order valence-electron chi connectivity index (χ0n) is 14.1. The Hall–Kier alpha value is -2.12. The summed E-state index contributed by atoms with van der Waals surface area (Å²) < 4.78 is 19.2. The molecule has 0 aliphatic rings. The van der Waals surface area contributed by atoms with Gasteiger partial charge in [-0.2, -0.15) is 0 Å². The van der Waals surface area contributed by atoms with Crippen molar-refractivity contribution in [2.75, 3.05) is 6.61 Å². The fourth-order valence-electron chi connectivity index (χ4n) is 1.37. The fourth-order valence-corrected chi connectivity index (χ4v) is 1.37. The van der Waals surface area contributed by atoms with E-state index in [0.717, 1.165) is 13.3 Å². The summed E-state index contributed by atoms with van der Waals surface area (Å²) in [5.74, 6) is -3.09. The highest BCUT2D eigenvalue weighted by atomic mass is 16.6. The first-order chi connectivity index (χ1) is 10.7. The Balaban J connectivity index is 4.30. The molecule has 3 unspecified atom stereocenters. The predicted octanol–water partition coefficient (Wildman–Crippen LogP) is 1.14. The van der Waals surface area contributed by atoms with Gasteiger partial charge in [0.2, 0.25) is 0 Å². The Kier molecular flexibility index (Phi) is 9.60. The third kappa shape index (κ3) is 8.80. The average Bonchev–Trinajstić information content (AvgIpc) is 2.46. The van der Waals surface area contributed by atoms with Crippen LogP contribution in [-0.4, -0.2) is 48.8 Å². The monoisotopic (exact) mass is 332 g/mol. The Morgan fingerprint density at radius 2 is 1.22 bits per heavy atom. The number of rotatable bonds is 9. The molecule has 0 aromatic rings. The lowest BCUT2D eigenvalue weighted by Crippen LogP contribution is -2.36. The predicted molar refractivity (Wildman–Crippen MR) is 78.2 cm³/mol. The van der Waals surface area contributed by atoms with Gasteiger partial charge < -0.3 is 18.9 Å². The molecule has 0 heterocycles. The third-order valence-corrected chi connectivity index (χ3v) is 2.67. The van der Waals surface area contributed by atoms with Gasteiger partial charge >= 0.3 is 23.9 Å². The second kappa shape index (κ2) is 10.6. The second-order valence-electron chi connectivity index (χ2n) is 4.93. The summed E-state index contributed by atoms with van der Waals surface area (Å²) in [4.78, 5) is 45.6. The zero-order chi connectivity index (χ0) is 18.0. The van der Waals surface area contributed by atoms with Gasteiger partial charge in [0.15, 0.2) is 18.3 Å². The van der Waals surface area contributed by atoms with Gasteiger partial charge in [-0.05, 0) is 27.2 Å². The van der Waals surface area contributed by atoms with Crippen LogP contribution in [0.25, 0.3) is 0 Å². The molecular formula is C15H24O8. The smallest absolute Gasteiger partial charge is 0.347 e. The van der Waals surface area contributed by atoms with Gasteiger partial charge in [-0.3, -0.25) is 4.79 Å². The lowest BCUT2D eigenvalue weighted by atomic mass is 10.3. The number of hydrogen-bond acceptors (Lipinski definition) is 8. The summed E-state index contributed by atoms with van der Waals surface area (Å²) in [5.41, 5.74) is 0. The highest BCUT2D eigenvalue weighted by Gasteiger charge is 2.27. The molecule has 0 aromatic heterocycles. The van der Waals surface area contributed by atoms with E-state index in [2.05, 4.69) is 4.74 Å². The summed E-state index contributed by atoms with van der Waals surface area (Å²) in [6.07, 6.45) is -1.90. The van der Waals surface area contributed by atoms with Gasteiger partial charge in [-0.15, -0.1) is 0 Å². The SMILES string of the molecule is CCCCOC(=O)C(C)OC(=O)C(C)OC(=O)C(C)OC(C)=O. The van der Waals surface area contributed by atoms with E-state index in [4.69, 9.17) is 14.2 Å². The van der Waals surface area contributed by atoms with Crippen LogP contribution in [0.2, 0.25) is 0 Å². The van der Waals surface area contributed by atoms with E-state index in [1.54, 1.807) is 0 Å². The molecule has 0 aliphatic heterocycles. The Morgan fingerprint density at radius 3 is 1.65 bits per heavy atom. The molecule has 0 spiro atoms. The van der Waals surface area contributed by atoms with Gasteiger partial charge in [0.1, 0.15) is 0 Å². The number of esters is 4. The molecule has 0 N–H and O–H groups in total. The number of carbonyl (C=O) groups excluding carboxylic acids is 4. The minimum Gasteiger partial charge on any atom is -0.463 e. The topological polar surface area (TPSA) is 105 Å². The van der Waals surface area contributed by atoms with Crippen LogP contribution >= 0.6 is 0 Å². The molecule has 23 heavy (non-hydrogen) atoms. The zero-order valence-corrected chi connectivity index (χ0v) is 14.1. The van der Waals surface area contributed by atoms with Crippen LogP contribution in [0.5, 0.6) is 0 Å². The fraction of sp³-hybridized carbons (Fsp3) is 0.733. The van der Waals surface area contributed by atoms with Crippen molar-refractivity contribution in [1.82, 2.24) is 0 Å². The summed E-state index contributed by atoms with van der Waals surface area (Å²) >= 11 is 0. The molecule has 0 rings (SSSR count). The molecule has 0 radical (unpaired) electrons. The van der Waals surface area contributed by atoms with Gasteiger partial charge in [0.25, 0.3) is 0 Å². The van der Waals surface area contributed by atoms with Crippen LogP contribution < -0.4 is 0 Å². The summed E-state index contributed by atoms with van der Waals surface area (Å²) in [5, 5.41) is 0. The highest BCUT2D eigenvalue weighted by molar-refractivity contribution is 5.84. The molecule has 0 saturated heterocycles. The lowest BCUT2D eigenvalue weighted by Gasteiger charge is -2.18. The van der Waals surface area contributed by atoms with Crippen molar-refractivity contribution >= 4 is 23.9 Å². The van der Waals surface area contributed by atoms with Crippen LogP contribution in [0.15, 0.2) is 0 Å². The van der Waals surface area contributed by atoms with E-state index in [1.807, 2.05) is 6.92 Å². The minimum absolute atomic E-state index is 0.252. The summed E-state index contributed by atoms with van der Waals surface area (Å²) in [7, 11) is 0. The van der Waals surface area contributed by atoms with Crippen molar-refractivity contribution in [2.45, 2.75) is 65.8 Å². The number of carbonyl (C=O) groups is 4. The molecule has 132 valence electrons. The lowest BCUT2D eigenvalue weighted by molar-refractivity contribution is -0.181.